The monoisotopic (exact) mass is 285 g/mol. The van der Waals surface area contributed by atoms with Gasteiger partial charge in [-0.25, -0.2) is 4.98 Å². The Morgan fingerprint density at radius 2 is 1.90 bits per heavy atom. The van der Waals surface area contributed by atoms with Crippen molar-refractivity contribution in [2.75, 3.05) is 0 Å². The van der Waals surface area contributed by atoms with Gasteiger partial charge in [-0.2, -0.15) is 14.0 Å². The molecule has 3 rings (SSSR count). The van der Waals surface area contributed by atoms with E-state index in [1.165, 1.54) is 12.1 Å². The van der Waals surface area contributed by atoms with Crippen LogP contribution in [0.4, 0.5) is 8.78 Å². The number of halogens is 2. The van der Waals surface area contributed by atoms with E-state index in [0.717, 1.165) is 11.1 Å². The minimum absolute atomic E-state index is 0.0857. The average molecular weight is 285 g/mol. The number of rotatable bonds is 3. The van der Waals surface area contributed by atoms with Crippen molar-refractivity contribution in [2.24, 2.45) is 0 Å². The van der Waals surface area contributed by atoms with E-state index in [4.69, 9.17) is 5.26 Å². The molecule has 0 unspecified atom stereocenters. The van der Waals surface area contributed by atoms with E-state index in [2.05, 4.69) is 20.8 Å². The van der Waals surface area contributed by atoms with Gasteiger partial charge in [-0.1, -0.05) is 6.07 Å². The largest absolute Gasteiger partial charge is 0.435 e. The zero-order valence-corrected chi connectivity index (χ0v) is 10.7. The second kappa shape index (κ2) is 5.21. The Morgan fingerprint density at radius 3 is 2.57 bits per heavy atom. The van der Waals surface area contributed by atoms with Crippen molar-refractivity contribution in [3.63, 3.8) is 0 Å². The van der Waals surface area contributed by atoms with Gasteiger partial charge in [-0.3, -0.25) is 0 Å². The maximum atomic E-state index is 12.1. The van der Waals surface area contributed by atoms with E-state index in [-0.39, 0.29) is 5.75 Å². The highest BCUT2D eigenvalue weighted by Crippen LogP contribution is 2.24. The first-order chi connectivity index (χ1) is 10.2. The predicted octanol–water partition coefficient (Wildman–Crippen LogP) is 3.70. The second-order valence-electron chi connectivity index (χ2n) is 4.30. The smallest absolute Gasteiger partial charge is 0.387 e. The van der Waals surface area contributed by atoms with Gasteiger partial charge in [0.25, 0.3) is 0 Å². The van der Waals surface area contributed by atoms with Crippen molar-refractivity contribution >= 4 is 11.0 Å². The molecular formula is C15H9F2N3O. The molecule has 0 atom stereocenters. The number of hydrogen-bond donors (Lipinski definition) is 1. The van der Waals surface area contributed by atoms with Crippen LogP contribution in [0.25, 0.3) is 22.4 Å². The fourth-order valence-electron chi connectivity index (χ4n) is 2.05. The summed E-state index contributed by atoms with van der Waals surface area (Å²) in [6, 6.07) is 13.5. The Kier molecular flexibility index (Phi) is 3.24. The lowest BCUT2D eigenvalue weighted by Gasteiger charge is -2.04. The molecule has 0 amide bonds. The summed E-state index contributed by atoms with van der Waals surface area (Å²) in [4.78, 5) is 7.47. The third-order valence-corrected chi connectivity index (χ3v) is 2.99. The topological polar surface area (TPSA) is 61.7 Å². The number of aromatic amines is 1. The number of imidazole rings is 1. The molecular weight excluding hydrogens is 276 g/mol. The van der Waals surface area contributed by atoms with Crippen molar-refractivity contribution in [3.05, 3.63) is 48.0 Å². The molecule has 6 heteroatoms. The van der Waals surface area contributed by atoms with Crippen LogP contribution in [-0.4, -0.2) is 16.6 Å². The molecule has 4 nitrogen and oxygen atoms in total. The minimum atomic E-state index is -2.85. The number of aromatic nitrogens is 2. The number of nitrogens with zero attached hydrogens (tertiary/aromatic N) is 2. The highest BCUT2D eigenvalue weighted by Gasteiger charge is 2.09. The number of nitrogens with one attached hydrogen (secondary N) is 1. The number of benzene rings is 2. The van der Waals surface area contributed by atoms with Gasteiger partial charge in [0.2, 0.25) is 0 Å². The van der Waals surface area contributed by atoms with Crippen LogP contribution in [0.2, 0.25) is 0 Å². The molecule has 0 radical (unpaired) electrons. The summed E-state index contributed by atoms with van der Waals surface area (Å²) in [5.74, 6) is 0.652. The summed E-state index contributed by atoms with van der Waals surface area (Å²) >= 11 is 0. The highest BCUT2D eigenvalue weighted by atomic mass is 19.3. The van der Waals surface area contributed by atoms with Crippen LogP contribution < -0.4 is 4.74 Å². The molecule has 2 aromatic carbocycles. The standard InChI is InChI=1S/C15H9F2N3O/c16-15(17)21-11-6-4-9(5-7-11)14-19-12-3-1-2-10(8-18)13(12)20-14/h1-7,15H,(H,19,20). The SMILES string of the molecule is N#Cc1cccc2[nH]c(-c3ccc(OC(F)F)cc3)nc12. The highest BCUT2D eigenvalue weighted by molar-refractivity contribution is 5.84. The Bertz CT molecular complexity index is 819. The van der Waals surface area contributed by atoms with Gasteiger partial charge >= 0.3 is 6.61 Å². The second-order valence-corrected chi connectivity index (χ2v) is 4.30. The van der Waals surface area contributed by atoms with Crippen LogP contribution in [0.15, 0.2) is 42.5 Å². The summed E-state index contributed by atoms with van der Waals surface area (Å²) in [6.07, 6.45) is 0. The van der Waals surface area contributed by atoms with E-state index in [9.17, 15) is 8.78 Å². The number of ether oxygens (including phenoxy) is 1. The quantitative estimate of drug-likeness (QED) is 0.798. The maximum absolute atomic E-state index is 12.1. The molecule has 0 aliphatic rings. The predicted molar refractivity (Wildman–Crippen MR) is 72.9 cm³/mol. The molecule has 0 aliphatic heterocycles. The molecule has 0 saturated carbocycles. The molecule has 21 heavy (non-hydrogen) atoms. The Hall–Kier alpha value is -2.94. The van der Waals surface area contributed by atoms with Crippen LogP contribution in [0.3, 0.4) is 0 Å². The lowest BCUT2D eigenvalue weighted by molar-refractivity contribution is -0.0498. The summed E-state index contributed by atoms with van der Waals surface area (Å²) in [5.41, 5.74) is 2.53. The van der Waals surface area contributed by atoms with Crippen LogP contribution in [0, 0.1) is 11.3 Å². The van der Waals surface area contributed by atoms with Crippen molar-refractivity contribution in [3.8, 4) is 23.2 Å². The Balaban J connectivity index is 1.99. The van der Waals surface area contributed by atoms with Crippen molar-refractivity contribution in [1.29, 1.82) is 5.26 Å². The van der Waals surface area contributed by atoms with Gasteiger partial charge < -0.3 is 9.72 Å². The third kappa shape index (κ3) is 2.54. The zero-order chi connectivity index (χ0) is 14.8. The molecule has 0 fully saturated rings. The number of H-pyrrole nitrogens is 1. The molecule has 0 aliphatic carbocycles. The first-order valence-electron chi connectivity index (χ1n) is 6.11. The molecule has 1 N–H and O–H groups in total. The summed E-state index contributed by atoms with van der Waals surface area (Å²) < 4.78 is 28.5. The molecule has 1 heterocycles. The van der Waals surface area contributed by atoms with Gasteiger partial charge in [0.15, 0.2) is 0 Å². The lowest BCUT2D eigenvalue weighted by atomic mass is 10.2. The van der Waals surface area contributed by atoms with Crippen LogP contribution in [-0.2, 0) is 0 Å². The summed E-state index contributed by atoms with van der Waals surface area (Å²) in [7, 11) is 0. The van der Waals surface area contributed by atoms with Crippen molar-refractivity contribution in [2.45, 2.75) is 6.61 Å². The fourth-order valence-corrected chi connectivity index (χ4v) is 2.05. The first-order valence-corrected chi connectivity index (χ1v) is 6.11. The third-order valence-electron chi connectivity index (χ3n) is 2.99. The van der Waals surface area contributed by atoms with Crippen LogP contribution >= 0.6 is 0 Å². The Morgan fingerprint density at radius 1 is 1.14 bits per heavy atom. The molecule has 0 bridgehead atoms. The van der Waals surface area contributed by atoms with E-state index < -0.39 is 6.61 Å². The van der Waals surface area contributed by atoms with Gasteiger partial charge in [-0.15, -0.1) is 0 Å². The molecule has 0 spiro atoms. The minimum Gasteiger partial charge on any atom is -0.435 e. The van der Waals surface area contributed by atoms with E-state index in [1.54, 1.807) is 24.3 Å². The summed E-state index contributed by atoms with van der Waals surface area (Å²) in [6.45, 7) is -2.85. The van der Waals surface area contributed by atoms with Crippen LogP contribution in [0.5, 0.6) is 5.75 Å². The Labute approximate surface area is 118 Å². The molecule has 3 aromatic rings. The van der Waals surface area contributed by atoms with Crippen molar-refractivity contribution in [1.82, 2.24) is 9.97 Å². The maximum Gasteiger partial charge on any atom is 0.387 e. The number of fused-ring (bicyclic) bond motifs is 1. The normalized spacial score (nSPS) is 10.8. The fraction of sp³-hybridized carbons (Fsp3) is 0.0667. The van der Waals surface area contributed by atoms with Gasteiger partial charge in [0, 0.05) is 5.56 Å². The van der Waals surface area contributed by atoms with Gasteiger partial charge in [0.05, 0.1) is 11.1 Å². The first kappa shape index (κ1) is 13.1. The van der Waals surface area contributed by atoms with Crippen LogP contribution in [0.1, 0.15) is 5.56 Å². The van der Waals surface area contributed by atoms with Crippen molar-refractivity contribution < 1.29 is 13.5 Å². The average Bonchev–Trinajstić information content (AvgIpc) is 2.91. The zero-order valence-electron chi connectivity index (χ0n) is 10.7. The van der Waals surface area contributed by atoms with Gasteiger partial charge in [-0.05, 0) is 36.4 Å². The lowest BCUT2D eigenvalue weighted by Crippen LogP contribution is -2.01. The molecule has 0 saturated heterocycles. The van der Waals surface area contributed by atoms with Gasteiger partial charge in [0.1, 0.15) is 23.2 Å². The molecule has 104 valence electrons. The summed E-state index contributed by atoms with van der Waals surface area (Å²) in [5, 5.41) is 9.04. The molecule has 1 aromatic heterocycles. The van der Waals surface area contributed by atoms with E-state index >= 15 is 0 Å². The number of hydrogen-bond acceptors (Lipinski definition) is 3. The van der Waals surface area contributed by atoms with E-state index in [1.807, 2.05) is 6.07 Å². The number of nitriles is 1. The number of para-hydroxylation sites is 1. The number of alkyl halides is 2. The van der Waals surface area contributed by atoms with E-state index in [0.29, 0.717) is 16.9 Å².